The molecular formula is C11H12N6. The number of aromatic nitrogens is 5. The van der Waals surface area contributed by atoms with Crippen LogP contribution in [0.5, 0.6) is 0 Å². The van der Waals surface area contributed by atoms with E-state index >= 15 is 0 Å². The second-order valence-electron chi connectivity index (χ2n) is 3.94. The molecule has 0 saturated heterocycles. The third-order valence-electron chi connectivity index (χ3n) is 2.81. The molecular weight excluding hydrogens is 216 g/mol. The lowest BCUT2D eigenvalue weighted by molar-refractivity contribution is 0.671. The number of para-hydroxylation sites is 1. The van der Waals surface area contributed by atoms with Gasteiger partial charge in [0.2, 0.25) is 0 Å². The molecule has 0 aliphatic rings. The number of nitrogens with zero attached hydrogens (tertiary/aromatic N) is 3. The van der Waals surface area contributed by atoms with Crippen LogP contribution in [-0.2, 0) is 6.42 Å². The van der Waals surface area contributed by atoms with E-state index in [1.54, 1.807) is 0 Å². The molecule has 0 fully saturated rings. The predicted molar refractivity (Wildman–Crippen MR) is 63.1 cm³/mol. The first-order valence-corrected chi connectivity index (χ1v) is 5.38. The van der Waals surface area contributed by atoms with Crippen LogP contribution in [0.15, 0.2) is 30.5 Å². The Kier molecular flexibility index (Phi) is 2.34. The fourth-order valence-electron chi connectivity index (χ4n) is 1.96. The zero-order valence-electron chi connectivity index (χ0n) is 9.09. The Labute approximate surface area is 97.2 Å². The zero-order valence-corrected chi connectivity index (χ0v) is 9.09. The summed E-state index contributed by atoms with van der Waals surface area (Å²) in [5.74, 6) is 0.537. The first-order valence-electron chi connectivity index (χ1n) is 5.38. The molecule has 1 atom stereocenters. The van der Waals surface area contributed by atoms with E-state index in [0.29, 0.717) is 12.2 Å². The highest BCUT2D eigenvalue weighted by atomic mass is 15.5. The number of tetrazole rings is 1. The summed E-state index contributed by atoms with van der Waals surface area (Å²) in [7, 11) is 0. The van der Waals surface area contributed by atoms with E-state index in [2.05, 4.69) is 31.7 Å². The molecule has 0 unspecified atom stereocenters. The summed E-state index contributed by atoms with van der Waals surface area (Å²) in [6.07, 6.45) is 2.66. The van der Waals surface area contributed by atoms with E-state index < -0.39 is 0 Å². The van der Waals surface area contributed by atoms with Crippen LogP contribution in [0.2, 0.25) is 0 Å². The predicted octanol–water partition coefficient (Wildman–Crippen LogP) is 0.923. The van der Waals surface area contributed by atoms with Gasteiger partial charge in [-0.25, -0.2) is 0 Å². The standard InChI is InChI=1S/C11H12N6/c12-9(11-14-16-17-15-11)5-7-6-13-10-4-2-1-3-8(7)10/h1-4,6,9,13H,5,12H2,(H,14,15,16,17)/t9-/m0/s1. The lowest BCUT2D eigenvalue weighted by atomic mass is 10.1. The van der Waals surface area contributed by atoms with Crippen molar-refractivity contribution < 1.29 is 0 Å². The summed E-state index contributed by atoms with van der Waals surface area (Å²) >= 11 is 0. The summed E-state index contributed by atoms with van der Waals surface area (Å²) in [6.45, 7) is 0. The molecule has 17 heavy (non-hydrogen) atoms. The quantitative estimate of drug-likeness (QED) is 0.621. The van der Waals surface area contributed by atoms with Crippen molar-refractivity contribution in [1.82, 2.24) is 25.6 Å². The molecule has 0 bridgehead atoms. The average molecular weight is 228 g/mol. The highest BCUT2D eigenvalue weighted by Crippen LogP contribution is 2.21. The van der Waals surface area contributed by atoms with Gasteiger partial charge in [-0.05, 0) is 18.1 Å². The van der Waals surface area contributed by atoms with Gasteiger partial charge in [0.25, 0.3) is 0 Å². The van der Waals surface area contributed by atoms with Gasteiger partial charge < -0.3 is 10.7 Å². The smallest absolute Gasteiger partial charge is 0.191 e. The topological polar surface area (TPSA) is 96.3 Å². The minimum absolute atomic E-state index is 0.243. The van der Waals surface area contributed by atoms with Crippen LogP contribution in [0, 0.1) is 0 Å². The lowest BCUT2D eigenvalue weighted by Gasteiger charge is -2.05. The van der Waals surface area contributed by atoms with Gasteiger partial charge in [0.1, 0.15) is 0 Å². The maximum Gasteiger partial charge on any atom is 0.191 e. The van der Waals surface area contributed by atoms with E-state index in [0.717, 1.165) is 11.1 Å². The summed E-state index contributed by atoms with van der Waals surface area (Å²) in [4.78, 5) is 3.22. The minimum Gasteiger partial charge on any atom is -0.361 e. The first-order chi connectivity index (χ1) is 8.34. The molecule has 1 aromatic carbocycles. The van der Waals surface area contributed by atoms with Gasteiger partial charge >= 0.3 is 0 Å². The highest BCUT2D eigenvalue weighted by Gasteiger charge is 2.13. The second kappa shape index (κ2) is 3.99. The number of aromatic amines is 2. The number of benzene rings is 1. The Hall–Kier alpha value is -2.21. The number of rotatable bonds is 3. The number of hydrogen-bond donors (Lipinski definition) is 3. The Balaban J connectivity index is 1.90. The molecule has 86 valence electrons. The van der Waals surface area contributed by atoms with Gasteiger partial charge in [-0.15, -0.1) is 10.2 Å². The molecule has 6 nitrogen and oxygen atoms in total. The molecule has 2 aromatic heterocycles. The highest BCUT2D eigenvalue weighted by molar-refractivity contribution is 5.83. The largest absolute Gasteiger partial charge is 0.361 e. The molecule has 0 radical (unpaired) electrons. The van der Waals surface area contributed by atoms with Crippen LogP contribution in [-0.4, -0.2) is 25.6 Å². The maximum atomic E-state index is 6.02. The van der Waals surface area contributed by atoms with Crippen molar-refractivity contribution in [2.75, 3.05) is 0 Å². The number of nitrogens with two attached hydrogens (primary N) is 1. The monoisotopic (exact) mass is 228 g/mol. The SMILES string of the molecule is N[C@@H](Cc1c[nH]c2ccccc12)c1nn[nH]n1. The number of H-pyrrole nitrogens is 2. The maximum absolute atomic E-state index is 6.02. The van der Waals surface area contributed by atoms with Gasteiger partial charge in [-0.2, -0.15) is 5.21 Å². The van der Waals surface area contributed by atoms with Gasteiger partial charge in [0.05, 0.1) is 6.04 Å². The Morgan fingerprint density at radius 3 is 3.00 bits per heavy atom. The average Bonchev–Trinajstić information content (AvgIpc) is 2.98. The van der Waals surface area contributed by atoms with Crippen LogP contribution in [0.4, 0.5) is 0 Å². The fraction of sp³-hybridized carbons (Fsp3) is 0.182. The van der Waals surface area contributed by atoms with Crippen molar-refractivity contribution in [3.05, 3.63) is 41.9 Å². The van der Waals surface area contributed by atoms with E-state index in [9.17, 15) is 0 Å². The molecule has 0 spiro atoms. The molecule has 3 rings (SSSR count). The van der Waals surface area contributed by atoms with Crippen molar-refractivity contribution in [2.45, 2.75) is 12.5 Å². The molecule has 0 aliphatic heterocycles. The molecule has 2 heterocycles. The molecule has 3 aromatic rings. The summed E-state index contributed by atoms with van der Waals surface area (Å²) in [6, 6.07) is 7.89. The van der Waals surface area contributed by atoms with E-state index in [4.69, 9.17) is 5.73 Å². The van der Waals surface area contributed by atoms with Crippen LogP contribution >= 0.6 is 0 Å². The van der Waals surface area contributed by atoms with Gasteiger partial charge in [-0.1, -0.05) is 23.4 Å². The van der Waals surface area contributed by atoms with Crippen molar-refractivity contribution >= 4 is 10.9 Å². The van der Waals surface area contributed by atoms with Crippen molar-refractivity contribution in [2.24, 2.45) is 5.73 Å². The zero-order chi connectivity index (χ0) is 11.7. The van der Waals surface area contributed by atoms with E-state index in [1.165, 1.54) is 5.39 Å². The molecule has 0 aliphatic carbocycles. The number of hydrogen-bond acceptors (Lipinski definition) is 4. The van der Waals surface area contributed by atoms with Crippen LogP contribution < -0.4 is 5.73 Å². The Morgan fingerprint density at radius 1 is 1.29 bits per heavy atom. The molecule has 4 N–H and O–H groups in total. The molecule has 0 amide bonds. The molecule has 0 saturated carbocycles. The van der Waals surface area contributed by atoms with Crippen molar-refractivity contribution in [3.8, 4) is 0 Å². The van der Waals surface area contributed by atoms with Crippen LogP contribution in [0.3, 0.4) is 0 Å². The van der Waals surface area contributed by atoms with Crippen LogP contribution in [0.1, 0.15) is 17.4 Å². The first kappa shape index (κ1) is 9.98. The summed E-state index contributed by atoms with van der Waals surface area (Å²) in [5, 5.41) is 14.9. The Morgan fingerprint density at radius 2 is 2.18 bits per heavy atom. The summed E-state index contributed by atoms with van der Waals surface area (Å²) < 4.78 is 0. The van der Waals surface area contributed by atoms with E-state index in [-0.39, 0.29) is 6.04 Å². The van der Waals surface area contributed by atoms with E-state index in [1.807, 2.05) is 24.4 Å². The summed E-state index contributed by atoms with van der Waals surface area (Å²) in [5.41, 5.74) is 8.30. The Bertz CT molecular complexity index is 612. The normalized spacial score (nSPS) is 13.0. The third-order valence-corrected chi connectivity index (χ3v) is 2.81. The van der Waals surface area contributed by atoms with Gasteiger partial charge in [-0.3, -0.25) is 0 Å². The second-order valence-corrected chi connectivity index (χ2v) is 3.94. The third kappa shape index (κ3) is 1.78. The van der Waals surface area contributed by atoms with Crippen molar-refractivity contribution in [3.63, 3.8) is 0 Å². The van der Waals surface area contributed by atoms with Gasteiger partial charge in [0.15, 0.2) is 5.82 Å². The number of fused-ring (bicyclic) bond motifs is 1. The minimum atomic E-state index is -0.243. The molecule has 6 heteroatoms. The van der Waals surface area contributed by atoms with Crippen LogP contribution in [0.25, 0.3) is 10.9 Å². The van der Waals surface area contributed by atoms with Gasteiger partial charge in [0, 0.05) is 17.1 Å². The fourth-order valence-corrected chi connectivity index (χ4v) is 1.96. The lowest BCUT2D eigenvalue weighted by Crippen LogP contribution is -2.15. The number of nitrogens with one attached hydrogen (secondary N) is 2. The van der Waals surface area contributed by atoms with Crippen molar-refractivity contribution in [1.29, 1.82) is 0 Å².